The predicted octanol–water partition coefficient (Wildman–Crippen LogP) is 1.26. The number of nitrogens with zero attached hydrogens (tertiary/aromatic N) is 2. The van der Waals surface area contributed by atoms with Crippen LogP contribution in [0.3, 0.4) is 0 Å². The van der Waals surface area contributed by atoms with Crippen LogP contribution < -0.4 is 0 Å². The van der Waals surface area contributed by atoms with E-state index in [9.17, 15) is 0 Å². The zero-order valence-corrected chi connectivity index (χ0v) is 5.67. The molecule has 0 spiro atoms. The van der Waals surface area contributed by atoms with Crippen molar-refractivity contribution in [3.05, 3.63) is 24.0 Å². The quantitative estimate of drug-likeness (QED) is 0.581. The fourth-order valence-electron chi connectivity index (χ4n) is 0.564. The molecule has 0 fully saturated rings. The highest BCUT2D eigenvalue weighted by Crippen LogP contribution is 1.92. The summed E-state index contributed by atoms with van der Waals surface area (Å²) in [6.45, 7) is 0. The van der Waals surface area contributed by atoms with Gasteiger partial charge in [0, 0.05) is 18.5 Å². The molecule has 0 aliphatic rings. The van der Waals surface area contributed by atoms with Crippen molar-refractivity contribution in [1.29, 1.82) is 0 Å². The molecule has 0 aliphatic carbocycles. The molecule has 1 rings (SSSR count). The minimum absolute atomic E-state index is 0.610. The molecule has 0 N–H and O–H groups in total. The van der Waals surface area contributed by atoms with Gasteiger partial charge in [-0.2, -0.15) is 10.2 Å². The summed E-state index contributed by atoms with van der Waals surface area (Å²) in [7, 11) is 0. The summed E-state index contributed by atoms with van der Waals surface area (Å²) in [5.41, 5.74) is 0.951. The van der Waals surface area contributed by atoms with Gasteiger partial charge in [-0.3, -0.25) is 0 Å². The van der Waals surface area contributed by atoms with Crippen LogP contribution in [-0.4, -0.2) is 16.1 Å². The Labute approximate surface area is 58.9 Å². The number of halogens is 1. The lowest BCUT2D eigenvalue weighted by atomic mass is 10.3. The minimum Gasteiger partial charge on any atom is -0.159 e. The van der Waals surface area contributed by atoms with Crippen LogP contribution >= 0.6 is 11.6 Å². The first-order valence-electron chi connectivity index (χ1n) is 2.76. The molecule has 0 aliphatic heterocycles. The zero-order chi connectivity index (χ0) is 6.53. The summed E-state index contributed by atoms with van der Waals surface area (Å²) < 4.78 is 0. The predicted molar refractivity (Wildman–Crippen MR) is 36.5 cm³/mol. The average molecular weight is 143 g/mol. The summed E-state index contributed by atoms with van der Waals surface area (Å²) in [6.07, 6.45) is 2.45. The Hall–Kier alpha value is -0.630. The molecule has 2 nitrogen and oxygen atoms in total. The van der Waals surface area contributed by atoms with E-state index in [2.05, 4.69) is 10.2 Å². The van der Waals surface area contributed by atoms with Gasteiger partial charge in [-0.1, -0.05) is 0 Å². The van der Waals surface area contributed by atoms with Gasteiger partial charge in [0.15, 0.2) is 0 Å². The first-order valence-corrected chi connectivity index (χ1v) is 3.29. The molecule has 0 atom stereocenters. The second-order valence-electron chi connectivity index (χ2n) is 1.65. The Morgan fingerprint density at radius 2 is 2.44 bits per heavy atom. The van der Waals surface area contributed by atoms with Crippen molar-refractivity contribution >= 4 is 11.6 Å². The minimum atomic E-state index is 0.610. The Morgan fingerprint density at radius 3 is 3.00 bits per heavy atom. The molecule has 48 valence electrons. The third-order valence-electron chi connectivity index (χ3n) is 0.978. The molecule has 0 saturated carbocycles. The molecule has 1 heterocycles. The molecule has 9 heavy (non-hydrogen) atoms. The second kappa shape index (κ2) is 3.41. The van der Waals surface area contributed by atoms with E-state index >= 15 is 0 Å². The third-order valence-corrected chi connectivity index (χ3v) is 1.17. The van der Waals surface area contributed by atoms with Crippen LogP contribution in [0, 0.1) is 0 Å². The van der Waals surface area contributed by atoms with Crippen molar-refractivity contribution in [3.63, 3.8) is 0 Å². The smallest absolute Gasteiger partial charge is 0.0642 e. The van der Waals surface area contributed by atoms with Crippen molar-refractivity contribution in [2.24, 2.45) is 0 Å². The molecule has 3 heteroatoms. The maximum Gasteiger partial charge on any atom is 0.0642 e. The van der Waals surface area contributed by atoms with Gasteiger partial charge in [0.1, 0.15) is 0 Å². The van der Waals surface area contributed by atoms with Crippen LogP contribution in [0.2, 0.25) is 0 Å². The summed E-state index contributed by atoms with van der Waals surface area (Å²) in [5, 5.41) is 7.53. The van der Waals surface area contributed by atoms with E-state index in [4.69, 9.17) is 11.6 Å². The van der Waals surface area contributed by atoms with Gasteiger partial charge in [0.25, 0.3) is 0 Å². The first-order chi connectivity index (χ1) is 4.43. The van der Waals surface area contributed by atoms with Gasteiger partial charge in [-0.05, 0) is 12.1 Å². The van der Waals surface area contributed by atoms with Gasteiger partial charge in [0.2, 0.25) is 0 Å². The highest BCUT2D eigenvalue weighted by atomic mass is 35.5. The molecule has 0 unspecified atom stereocenters. The summed E-state index contributed by atoms with van der Waals surface area (Å²) in [6, 6.07) is 3.77. The van der Waals surface area contributed by atoms with E-state index in [-0.39, 0.29) is 0 Å². The Morgan fingerprint density at radius 1 is 1.56 bits per heavy atom. The topological polar surface area (TPSA) is 25.8 Å². The van der Waals surface area contributed by atoms with Gasteiger partial charge < -0.3 is 0 Å². The van der Waals surface area contributed by atoms with Crippen LogP contribution in [0.5, 0.6) is 0 Å². The fourth-order valence-corrected chi connectivity index (χ4v) is 0.757. The zero-order valence-electron chi connectivity index (χ0n) is 4.92. The SMILES string of the molecule is ClCCc1cccnn1. The van der Waals surface area contributed by atoms with Gasteiger partial charge >= 0.3 is 0 Å². The van der Waals surface area contributed by atoms with Crippen LogP contribution in [-0.2, 0) is 6.42 Å². The van der Waals surface area contributed by atoms with E-state index in [1.165, 1.54) is 0 Å². The summed E-state index contributed by atoms with van der Waals surface area (Å²) in [5.74, 6) is 0.610. The Kier molecular flexibility index (Phi) is 2.46. The highest BCUT2D eigenvalue weighted by molar-refractivity contribution is 6.17. The van der Waals surface area contributed by atoms with Gasteiger partial charge in [-0.15, -0.1) is 11.6 Å². The van der Waals surface area contributed by atoms with Crippen LogP contribution in [0.4, 0.5) is 0 Å². The van der Waals surface area contributed by atoms with Crippen molar-refractivity contribution in [1.82, 2.24) is 10.2 Å². The van der Waals surface area contributed by atoms with Gasteiger partial charge in [0.05, 0.1) is 5.69 Å². The summed E-state index contributed by atoms with van der Waals surface area (Å²) >= 11 is 5.47. The van der Waals surface area contributed by atoms with Crippen molar-refractivity contribution in [2.75, 3.05) is 5.88 Å². The molecule has 1 aromatic heterocycles. The van der Waals surface area contributed by atoms with Crippen LogP contribution in [0.25, 0.3) is 0 Å². The number of alkyl halides is 1. The van der Waals surface area contributed by atoms with E-state index in [0.29, 0.717) is 5.88 Å². The van der Waals surface area contributed by atoms with E-state index in [0.717, 1.165) is 12.1 Å². The lowest BCUT2D eigenvalue weighted by Crippen LogP contribution is -1.91. The van der Waals surface area contributed by atoms with Crippen molar-refractivity contribution in [2.45, 2.75) is 6.42 Å². The lowest BCUT2D eigenvalue weighted by Gasteiger charge is -1.90. The Bertz CT molecular complexity index is 164. The largest absolute Gasteiger partial charge is 0.159 e. The fraction of sp³-hybridized carbons (Fsp3) is 0.333. The standard InChI is InChI=1S/C6H7ClN2/c7-4-3-6-2-1-5-8-9-6/h1-2,5H,3-4H2. The van der Waals surface area contributed by atoms with E-state index in [1.54, 1.807) is 6.20 Å². The Balaban J connectivity index is 2.61. The third kappa shape index (κ3) is 1.98. The maximum absolute atomic E-state index is 5.47. The number of hydrogen-bond donors (Lipinski definition) is 0. The molecule has 0 saturated heterocycles. The number of aromatic nitrogens is 2. The molecule has 0 radical (unpaired) electrons. The normalized spacial score (nSPS) is 9.44. The maximum atomic E-state index is 5.47. The highest BCUT2D eigenvalue weighted by Gasteiger charge is 1.88. The molecule has 1 aromatic rings. The molecule has 0 bridgehead atoms. The number of rotatable bonds is 2. The van der Waals surface area contributed by atoms with Crippen LogP contribution in [0.15, 0.2) is 18.3 Å². The number of aryl methyl sites for hydroxylation is 1. The first kappa shape index (κ1) is 6.49. The van der Waals surface area contributed by atoms with E-state index in [1.807, 2.05) is 12.1 Å². The monoisotopic (exact) mass is 142 g/mol. The summed E-state index contributed by atoms with van der Waals surface area (Å²) in [4.78, 5) is 0. The van der Waals surface area contributed by atoms with Crippen molar-refractivity contribution in [3.8, 4) is 0 Å². The second-order valence-corrected chi connectivity index (χ2v) is 2.03. The lowest BCUT2D eigenvalue weighted by molar-refractivity contribution is 0.922. The van der Waals surface area contributed by atoms with E-state index < -0.39 is 0 Å². The molecule has 0 aromatic carbocycles. The molecule has 0 amide bonds. The van der Waals surface area contributed by atoms with Gasteiger partial charge in [-0.25, -0.2) is 0 Å². The van der Waals surface area contributed by atoms with Crippen LogP contribution in [0.1, 0.15) is 5.69 Å². The molecular formula is C6H7ClN2. The average Bonchev–Trinajstić information content (AvgIpc) is 1.91. The molecular weight excluding hydrogens is 136 g/mol. The van der Waals surface area contributed by atoms with Crippen molar-refractivity contribution < 1.29 is 0 Å². The number of hydrogen-bond acceptors (Lipinski definition) is 2.